The number of nitrogens with two attached hydrogens (primary N) is 1. The first-order valence-corrected chi connectivity index (χ1v) is 5.80. The van der Waals surface area contributed by atoms with Crippen LogP contribution in [0.1, 0.15) is 26.7 Å². The highest BCUT2D eigenvalue weighted by Gasteiger charge is 2.19. The van der Waals surface area contributed by atoms with Crippen LogP contribution in [0.25, 0.3) is 0 Å². The molecule has 2 N–H and O–H groups in total. The molecule has 1 aliphatic rings. The Bertz CT molecular complexity index is 144. The summed E-state index contributed by atoms with van der Waals surface area (Å²) in [4.78, 5) is 2.51. The molecule has 0 aromatic rings. The van der Waals surface area contributed by atoms with Crippen LogP contribution in [0.3, 0.4) is 0 Å². The van der Waals surface area contributed by atoms with Gasteiger partial charge in [-0.05, 0) is 32.2 Å². The van der Waals surface area contributed by atoms with Crippen molar-refractivity contribution in [3.8, 4) is 0 Å². The van der Waals surface area contributed by atoms with E-state index in [4.69, 9.17) is 10.5 Å². The minimum atomic E-state index is 0.504. The second-order valence-corrected chi connectivity index (χ2v) is 4.30. The molecule has 1 heterocycles. The molecule has 0 amide bonds. The number of nitrogens with zero attached hydrogens (tertiary/aromatic N) is 1. The molecule has 0 aromatic heterocycles. The average molecular weight is 200 g/mol. The Morgan fingerprint density at radius 3 is 2.57 bits per heavy atom. The number of hydrogen-bond acceptors (Lipinski definition) is 3. The second kappa shape index (κ2) is 6.38. The Kier molecular flexibility index (Phi) is 5.45. The average Bonchev–Trinajstić information content (AvgIpc) is 2.21. The van der Waals surface area contributed by atoms with Crippen molar-refractivity contribution in [1.29, 1.82) is 0 Å². The largest absolute Gasteiger partial charge is 0.378 e. The van der Waals surface area contributed by atoms with Gasteiger partial charge in [-0.15, -0.1) is 0 Å². The van der Waals surface area contributed by atoms with Gasteiger partial charge < -0.3 is 15.4 Å². The maximum absolute atomic E-state index is 5.61. The van der Waals surface area contributed by atoms with Crippen LogP contribution in [0, 0.1) is 5.92 Å². The summed E-state index contributed by atoms with van der Waals surface area (Å²) in [6, 6.07) is 0. The van der Waals surface area contributed by atoms with Crippen LogP contribution in [-0.2, 0) is 4.74 Å². The molecule has 0 spiro atoms. The topological polar surface area (TPSA) is 38.5 Å². The van der Waals surface area contributed by atoms with Gasteiger partial charge in [0, 0.05) is 26.2 Å². The fourth-order valence-electron chi connectivity index (χ4n) is 2.01. The van der Waals surface area contributed by atoms with Crippen LogP contribution >= 0.6 is 0 Å². The van der Waals surface area contributed by atoms with Gasteiger partial charge in [-0.2, -0.15) is 0 Å². The van der Waals surface area contributed by atoms with E-state index in [1.165, 1.54) is 25.9 Å². The van der Waals surface area contributed by atoms with Crippen LogP contribution in [0.4, 0.5) is 0 Å². The van der Waals surface area contributed by atoms with E-state index in [9.17, 15) is 0 Å². The highest BCUT2D eigenvalue weighted by atomic mass is 16.5. The summed E-state index contributed by atoms with van der Waals surface area (Å²) in [6.45, 7) is 9.44. The van der Waals surface area contributed by atoms with Gasteiger partial charge in [-0.25, -0.2) is 0 Å². The van der Waals surface area contributed by atoms with Crippen molar-refractivity contribution < 1.29 is 4.74 Å². The van der Waals surface area contributed by atoms with Gasteiger partial charge in [0.25, 0.3) is 0 Å². The van der Waals surface area contributed by atoms with Crippen molar-refractivity contribution in [1.82, 2.24) is 4.90 Å². The Balaban J connectivity index is 2.15. The summed E-state index contributed by atoms with van der Waals surface area (Å²) in [5.41, 5.74) is 5.61. The van der Waals surface area contributed by atoms with Crippen LogP contribution in [0.2, 0.25) is 0 Å². The number of likely N-dealkylation sites (tertiary alicyclic amines) is 1. The summed E-state index contributed by atoms with van der Waals surface area (Å²) in [7, 11) is 0. The molecular formula is C11H24N2O. The number of piperidine rings is 1. The lowest BCUT2D eigenvalue weighted by Crippen LogP contribution is -2.40. The molecule has 1 fully saturated rings. The molecule has 0 saturated carbocycles. The van der Waals surface area contributed by atoms with Crippen LogP contribution in [0.5, 0.6) is 0 Å². The minimum absolute atomic E-state index is 0.504. The summed E-state index contributed by atoms with van der Waals surface area (Å²) < 4.78 is 5.61. The first kappa shape index (κ1) is 12.0. The molecule has 84 valence electrons. The van der Waals surface area contributed by atoms with Gasteiger partial charge in [0.2, 0.25) is 0 Å². The molecule has 0 radical (unpaired) electrons. The lowest BCUT2D eigenvalue weighted by molar-refractivity contribution is 0.0118. The predicted octanol–water partition coefficient (Wildman–Crippen LogP) is 1.08. The molecule has 0 bridgehead atoms. The summed E-state index contributed by atoms with van der Waals surface area (Å²) in [5.74, 6) is 0.624. The molecule has 0 aromatic carbocycles. The van der Waals surface area contributed by atoms with E-state index in [2.05, 4.69) is 18.7 Å². The predicted molar refractivity (Wildman–Crippen MR) is 59.3 cm³/mol. The molecule has 1 aliphatic heterocycles. The minimum Gasteiger partial charge on any atom is -0.378 e. The fraction of sp³-hybridized carbons (Fsp3) is 1.00. The first-order valence-electron chi connectivity index (χ1n) is 5.80. The van der Waals surface area contributed by atoms with Gasteiger partial charge in [-0.3, -0.25) is 0 Å². The zero-order valence-electron chi connectivity index (χ0n) is 9.54. The Labute approximate surface area is 87.6 Å². The lowest BCUT2D eigenvalue weighted by Gasteiger charge is -2.33. The molecular weight excluding hydrogens is 176 g/mol. The van der Waals surface area contributed by atoms with Crippen molar-refractivity contribution in [2.24, 2.45) is 11.7 Å². The van der Waals surface area contributed by atoms with Crippen molar-refractivity contribution in [2.45, 2.75) is 32.8 Å². The van der Waals surface area contributed by atoms with E-state index in [1.54, 1.807) is 0 Å². The zero-order valence-corrected chi connectivity index (χ0v) is 9.54. The van der Waals surface area contributed by atoms with Crippen LogP contribution in [-0.4, -0.2) is 43.8 Å². The molecule has 14 heavy (non-hydrogen) atoms. The molecule has 1 unspecified atom stereocenters. The normalized spacial score (nSPS) is 22.5. The quantitative estimate of drug-likeness (QED) is 0.722. The molecule has 1 saturated heterocycles. The third-order valence-electron chi connectivity index (χ3n) is 2.91. The fourth-order valence-corrected chi connectivity index (χ4v) is 2.01. The lowest BCUT2D eigenvalue weighted by atomic mass is 10.1. The van der Waals surface area contributed by atoms with Crippen molar-refractivity contribution in [3.05, 3.63) is 0 Å². The van der Waals surface area contributed by atoms with E-state index in [1.807, 2.05) is 0 Å². The number of rotatable bonds is 5. The first-order chi connectivity index (χ1) is 6.76. The van der Waals surface area contributed by atoms with Gasteiger partial charge >= 0.3 is 0 Å². The van der Waals surface area contributed by atoms with Crippen LogP contribution < -0.4 is 5.73 Å². The van der Waals surface area contributed by atoms with Crippen molar-refractivity contribution in [3.63, 3.8) is 0 Å². The Hall–Kier alpha value is -0.120. The maximum Gasteiger partial charge on any atom is 0.0599 e. The zero-order chi connectivity index (χ0) is 10.4. The van der Waals surface area contributed by atoms with Crippen molar-refractivity contribution in [2.75, 3.05) is 32.8 Å². The highest BCUT2D eigenvalue weighted by molar-refractivity contribution is 4.73. The van der Waals surface area contributed by atoms with E-state index >= 15 is 0 Å². The molecule has 1 atom stereocenters. The Morgan fingerprint density at radius 2 is 2.07 bits per heavy atom. The van der Waals surface area contributed by atoms with Crippen LogP contribution in [0.15, 0.2) is 0 Å². The second-order valence-electron chi connectivity index (χ2n) is 4.30. The maximum atomic E-state index is 5.61. The van der Waals surface area contributed by atoms with Gasteiger partial charge in [0.05, 0.1) is 6.10 Å². The summed E-state index contributed by atoms with van der Waals surface area (Å²) in [6.07, 6.45) is 2.88. The van der Waals surface area contributed by atoms with Crippen molar-refractivity contribution >= 4 is 0 Å². The molecule has 0 aliphatic carbocycles. The monoisotopic (exact) mass is 200 g/mol. The van der Waals surface area contributed by atoms with Gasteiger partial charge in [0.1, 0.15) is 0 Å². The highest BCUT2D eigenvalue weighted by Crippen LogP contribution is 2.14. The Morgan fingerprint density at radius 1 is 1.43 bits per heavy atom. The third kappa shape index (κ3) is 3.95. The number of ether oxygens (including phenoxy) is 1. The summed E-state index contributed by atoms with van der Waals surface area (Å²) in [5, 5.41) is 0. The molecule has 1 rings (SSSR count). The standard InChI is InChI=1S/C11H24N2O/c1-3-14-11-4-6-13(7-5-11)9-10(2)8-12/h10-11H,3-9,12H2,1-2H3. The van der Waals surface area contributed by atoms with Gasteiger partial charge in [-0.1, -0.05) is 6.92 Å². The van der Waals surface area contributed by atoms with E-state index in [0.29, 0.717) is 12.0 Å². The van der Waals surface area contributed by atoms with Gasteiger partial charge in [0.15, 0.2) is 0 Å². The molecule has 3 heteroatoms. The SMILES string of the molecule is CCOC1CCN(CC(C)CN)CC1. The summed E-state index contributed by atoms with van der Waals surface area (Å²) >= 11 is 0. The number of hydrogen-bond donors (Lipinski definition) is 1. The van der Waals surface area contributed by atoms with E-state index < -0.39 is 0 Å². The van der Waals surface area contributed by atoms with E-state index in [0.717, 1.165) is 19.7 Å². The smallest absolute Gasteiger partial charge is 0.0599 e. The molecule has 3 nitrogen and oxygen atoms in total. The third-order valence-corrected chi connectivity index (χ3v) is 2.91. The van der Waals surface area contributed by atoms with E-state index in [-0.39, 0.29) is 0 Å².